The van der Waals surface area contributed by atoms with E-state index in [1.807, 2.05) is 18.2 Å². The monoisotopic (exact) mass is 250 g/mol. The summed E-state index contributed by atoms with van der Waals surface area (Å²) in [5.41, 5.74) is 7.45. The predicted molar refractivity (Wildman–Crippen MR) is 72.9 cm³/mol. The maximum absolute atomic E-state index is 11.6. The van der Waals surface area contributed by atoms with Crippen molar-refractivity contribution < 1.29 is 9.53 Å². The van der Waals surface area contributed by atoms with E-state index in [0.29, 0.717) is 25.4 Å². The third-order valence-corrected chi connectivity index (χ3v) is 2.80. The summed E-state index contributed by atoms with van der Waals surface area (Å²) in [6.45, 7) is 5.21. The van der Waals surface area contributed by atoms with Crippen molar-refractivity contribution in [3.63, 3.8) is 0 Å². The summed E-state index contributed by atoms with van der Waals surface area (Å²) in [7, 11) is 1.63. The Balaban J connectivity index is 2.79. The van der Waals surface area contributed by atoms with Gasteiger partial charge < -0.3 is 15.8 Å². The highest BCUT2D eigenvalue weighted by Crippen LogP contribution is 2.25. The lowest BCUT2D eigenvalue weighted by atomic mass is 9.99. The zero-order valence-electron chi connectivity index (χ0n) is 11.3. The van der Waals surface area contributed by atoms with E-state index in [-0.39, 0.29) is 5.91 Å². The maximum atomic E-state index is 11.6. The molecule has 0 aliphatic rings. The Morgan fingerprint density at radius 1 is 1.44 bits per heavy atom. The topological polar surface area (TPSA) is 64.3 Å². The lowest BCUT2D eigenvalue weighted by Gasteiger charge is -2.12. The standard InChI is InChI=1S/C14H22N2O2/c1-10(2)11-4-5-12(13(8-11)18-3)9-14(17)16-7-6-15/h4-5,8,10H,6-7,9,15H2,1-3H3,(H,16,17). The van der Waals surface area contributed by atoms with Crippen molar-refractivity contribution >= 4 is 5.91 Å². The molecule has 0 aliphatic heterocycles. The number of amides is 1. The molecule has 1 rings (SSSR count). The van der Waals surface area contributed by atoms with Gasteiger partial charge in [0.2, 0.25) is 5.91 Å². The molecule has 1 aromatic carbocycles. The minimum absolute atomic E-state index is 0.0314. The van der Waals surface area contributed by atoms with Gasteiger partial charge in [0.25, 0.3) is 0 Å². The molecule has 0 radical (unpaired) electrons. The number of hydrogen-bond donors (Lipinski definition) is 2. The molecule has 0 saturated carbocycles. The first-order chi connectivity index (χ1) is 8.58. The molecule has 0 unspecified atom stereocenters. The Morgan fingerprint density at radius 2 is 2.17 bits per heavy atom. The van der Waals surface area contributed by atoms with Crippen molar-refractivity contribution in [1.82, 2.24) is 5.32 Å². The van der Waals surface area contributed by atoms with E-state index in [9.17, 15) is 4.79 Å². The first-order valence-electron chi connectivity index (χ1n) is 6.22. The molecule has 0 heterocycles. The molecule has 4 nitrogen and oxygen atoms in total. The number of methoxy groups -OCH3 is 1. The Morgan fingerprint density at radius 3 is 2.72 bits per heavy atom. The number of ether oxygens (including phenoxy) is 1. The zero-order valence-corrected chi connectivity index (χ0v) is 11.3. The van der Waals surface area contributed by atoms with Crippen LogP contribution >= 0.6 is 0 Å². The number of hydrogen-bond acceptors (Lipinski definition) is 3. The fraction of sp³-hybridized carbons (Fsp3) is 0.500. The van der Waals surface area contributed by atoms with Crippen molar-refractivity contribution in [2.75, 3.05) is 20.2 Å². The Kier molecular flexibility index (Phi) is 5.65. The molecule has 1 aromatic rings. The van der Waals surface area contributed by atoms with E-state index in [2.05, 4.69) is 19.2 Å². The quantitative estimate of drug-likeness (QED) is 0.803. The van der Waals surface area contributed by atoms with Gasteiger partial charge in [-0.3, -0.25) is 4.79 Å². The Hall–Kier alpha value is -1.55. The highest BCUT2D eigenvalue weighted by atomic mass is 16.5. The number of benzene rings is 1. The largest absolute Gasteiger partial charge is 0.496 e. The van der Waals surface area contributed by atoms with E-state index in [0.717, 1.165) is 11.3 Å². The van der Waals surface area contributed by atoms with Crippen LogP contribution in [0.4, 0.5) is 0 Å². The molecule has 1 amide bonds. The number of carbonyl (C=O) groups is 1. The second-order valence-corrected chi connectivity index (χ2v) is 4.54. The molecule has 0 fully saturated rings. The number of nitrogens with one attached hydrogen (secondary N) is 1. The van der Waals surface area contributed by atoms with Crippen LogP contribution in [0.2, 0.25) is 0 Å². The molecular formula is C14H22N2O2. The van der Waals surface area contributed by atoms with Crippen LogP contribution in [-0.2, 0) is 11.2 Å². The minimum atomic E-state index is -0.0314. The summed E-state index contributed by atoms with van der Waals surface area (Å²) in [6, 6.07) is 5.99. The fourth-order valence-corrected chi connectivity index (χ4v) is 1.71. The fourth-order valence-electron chi connectivity index (χ4n) is 1.71. The van der Waals surface area contributed by atoms with Crippen molar-refractivity contribution in [1.29, 1.82) is 0 Å². The highest BCUT2D eigenvalue weighted by molar-refractivity contribution is 5.79. The molecule has 0 atom stereocenters. The Labute approximate surface area is 109 Å². The molecule has 0 spiro atoms. The summed E-state index contributed by atoms with van der Waals surface area (Å²) in [6.07, 6.45) is 0.321. The second kappa shape index (κ2) is 7.01. The average molecular weight is 250 g/mol. The van der Waals surface area contributed by atoms with Gasteiger partial charge in [-0.05, 0) is 17.5 Å². The molecule has 0 aliphatic carbocycles. The van der Waals surface area contributed by atoms with Crippen LogP contribution in [0, 0.1) is 0 Å². The second-order valence-electron chi connectivity index (χ2n) is 4.54. The van der Waals surface area contributed by atoms with Gasteiger partial charge in [-0.2, -0.15) is 0 Å². The predicted octanol–water partition coefficient (Wildman–Crippen LogP) is 1.44. The third kappa shape index (κ3) is 4.04. The molecular weight excluding hydrogens is 228 g/mol. The van der Waals surface area contributed by atoms with Crippen molar-refractivity contribution in [3.8, 4) is 5.75 Å². The van der Waals surface area contributed by atoms with Gasteiger partial charge in [0, 0.05) is 18.7 Å². The minimum Gasteiger partial charge on any atom is -0.496 e. The van der Waals surface area contributed by atoms with E-state index in [1.165, 1.54) is 5.56 Å². The van der Waals surface area contributed by atoms with Crippen LogP contribution in [0.15, 0.2) is 18.2 Å². The summed E-state index contributed by atoms with van der Waals surface area (Å²) in [4.78, 5) is 11.6. The van der Waals surface area contributed by atoms with Gasteiger partial charge in [0.05, 0.1) is 13.5 Å². The van der Waals surface area contributed by atoms with Gasteiger partial charge in [-0.15, -0.1) is 0 Å². The number of nitrogens with two attached hydrogens (primary N) is 1. The number of rotatable bonds is 6. The molecule has 18 heavy (non-hydrogen) atoms. The zero-order chi connectivity index (χ0) is 13.5. The van der Waals surface area contributed by atoms with E-state index in [1.54, 1.807) is 7.11 Å². The van der Waals surface area contributed by atoms with Gasteiger partial charge in [-0.25, -0.2) is 0 Å². The van der Waals surface area contributed by atoms with Crippen LogP contribution in [0.3, 0.4) is 0 Å². The van der Waals surface area contributed by atoms with Gasteiger partial charge in [0.15, 0.2) is 0 Å². The molecule has 0 bridgehead atoms. The lowest BCUT2D eigenvalue weighted by molar-refractivity contribution is -0.120. The van der Waals surface area contributed by atoms with E-state index < -0.39 is 0 Å². The SMILES string of the molecule is COc1cc(C(C)C)ccc1CC(=O)NCCN. The van der Waals surface area contributed by atoms with Crippen LogP contribution in [0.1, 0.15) is 30.9 Å². The van der Waals surface area contributed by atoms with Crippen LogP contribution in [0.25, 0.3) is 0 Å². The van der Waals surface area contributed by atoms with Crippen LogP contribution in [-0.4, -0.2) is 26.1 Å². The Bertz CT molecular complexity index is 403. The highest BCUT2D eigenvalue weighted by Gasteiger charge is 2.10. The normalized spacial score (nSPS) is 10.5. The van der Waals surface area contributed by atoms with E-state index >= 15 is 0 Å². The molecule has 100 valence electrons. The van der Waals surface area contributed by atoms with Gasteiger partial charge in [0.1, 0.15) is 5.75 Å². The summed E-state index contributed by atoms with van der Waals surface area (Å²) in [5.74, 6) is 1.18. The summed E-state index contributed by atoms with van der Waals surface area (Å²) in [5, 5.41) is 2.75. The summed E-state index contributed by atoms with van der Waals surface area (Å²) >= 11 is 0. The van der Waals surface area contributed by atoms with Crippen molar-refractivity contribution in [3.05, 3.63) is 29.3 Å². The van der Waals surface area contributed by atoms with E-state index in [4.69, 9.17) is 10.5 Å². The number of carbonyl (C=O) groups excluding carboxylic acids is 1. The van der Waals surface area contributed by atoms with Gasteiger partial charge >= 0.3 is 0 Å². The van der Waals surface area contributed by atoms with Gasteiger partial charge in [-0.1, -0.05) is 26.0 Å². The van der Waals surface area contributed by atoms with Crippen LogP contribution < -0.4 is 15.8 Å². The molecule has 4 heteroatoms. The van der Waals surface area contributed by atoms with Crippen LogP contribution in [0.5, 0.6) is 5.75 Å². The molecule has 0 aromatic heterocycles. The first-order valence-corrected chi connectivity index (χ1v) is 6.22. The molecule has 3 N–H and O–H groups in total. The lowest BCUT2D eigenvalue weighted by Crippen LogP contribution is -2.30. The first kappa shape index (κ1) is 14.5. The maximum Gasteiger partial charge on any atom is 0.224 e. The average Bonchev–Trinajstić information content (AvgIpc) is 2.36. The van der Waals surface area contributed by atoms with Crippen molar-refractivity contribution in [2.45, 2.75) is 26.2 Å². The summed E-state index contributed by atoms with van der Waals surface area (Å²) < 4.78 is 5.34. The third-order valence-electron chi connectivity index (χ3n) is 2.80. The van der Waals surface area contributed by atoms with Crippen molar-refractivity contribution in [2.24, 2.45) is 5.73 Å². The molecule has 0 saturated heterocycles. The smallest absolute Gasteiger partial charge is 0.224 e.